The van der Waals surface area contributed by atoms with E-state index >= 15 is 0 Å². The molecule has 0 fully saturated rings. The van der Waals surface area contributed by atoms with Crippen molar-refractivity contribution in [3.8, 4) is 16.9 Å². The van der Waals surface area contributed by atoms with E-state index in [1.165, 1.54) is 29.4 Å². The number of esters is 1. The average Bonchev–Trinajstić information content (AvgIpc) is 3.17. The number of methoxy groups -OCH3 is 1. The molecule has 4 nitrogen and oxygen atoms in total. The third-order valence-electron chi connectivity index (χ3n) is 5.59. The van der Waals surface area contributed by atoms with Crippen molar-refractivity contribution in [2.24, 2.45) is 5.73 Å². The standard InChI is InChI=1S/C27H27NO3/c1-18-10-23-13-20(17-31-26-9-4-3-7-22(26)15-27(29)30-2)14-25(24(23)11-18)21-8-5-6-19(12-21)16-28/h3-9,11-14H,10,15-17,28H2,1-2H3. The molecule has 1 aliphatic rings. The number of carbonyl (C=O) groups is 1. The van der Waals surface area contributed by atoms with Crippen molar-refractivity contribution in [2.45, 2.75) is 32.9 Å². The fourth-order valence-corrected chi connectivity index (χ4v) is 4.06. The zero-order valence-corrected chi connectivity index (χ0v) is 18.0. The Labute approximate surface area is 183 Å². The maximum atomic E-state index is 11.7. The van der Waals surface area contributed by atoms with Crippen LogP contribution in [-0.4, -0.2) is 13.1 Å². The molecular weight excluding hydrogens is 386 g/mol. The Morgan fingerprint density at radius 1 is 1.03 bits per heavy atom. The van der Waals surface area contributed by atoms with Crippen LogP contribution in [0.15, 0.2) is 66.2 Å². The fraction of sp³-hybridized carbons (Fsp3) is 0.222. The molecule has 158 valence electrons. The molecule has 0 aromatic heterocycles. The molecule has 3 aromatic rings. The second-order valence-electron chi connectivity index (χ2n) is 7.94. The lowest BCUT2D eigenvalue weighted by molar-refractivity contribution is -0.139. The first-order valence-corrected chi connectivity index (χ1v) is 10.5. The summed E-state index contributed by atoms with van der Waals surface area (Å²) in [5.41, 5.74) is 15.2. The number of benzene rings is 3. The first-order valence-electron chi connectivity index (χ1n) is 10.5. The van der Waals surface area contributed by atoms with Crippen LogP contribution in [0.1, 0.15) is 34.7 Å². The Kier molecular flexibility index (Phi) is 6.19. The van der Waals surface area contributed by atoms with Crippen LogP contribution in [0.5, 0.6) is 5.75 Å². The maximum Gasteiger partial charge on any atom is 0.310 e. The molecule has 0 aliphatic heterocycles. The first-order chi connectivity index (χ1) is 15.1. The lowest BCUT2D eigenvalue weighted by atomic mass is 9.93. The largest absolute Gasteiger partial charge is 0.489 e. The highest BCUT2D eigenvalue weighted by Crippen LogP contribution is 2.36. The number of nitrogens with two attached hydrogens (primary N) is 1. The van der Waals surface area contributed by atoms with E-state index in [1.54, 1.807) is 0 Å². The predicted molar refractivity (Wildman–Crippen MR) is 124 cm³/mol. The molecule has 4 heteroatoms. The van der Waals surface area contributed by atoms with Crippen LogP contribution >= 0.6 is 0 Å². The monoisotopic (exact) mass is 413 g/mol. The Morgan fingerprint density at radius 3 is 2.68 bits per heavy atom. The summed E-state index contributed by atoms with van der Waals surface area (Å²) in [6, 6.07) is 20.4. The summed E-state index contributed by atoms with van der Waals surface area (Å²) in [5, 5.41) is 0. The third kappa shape index (κ3) is 4.70. The summed E-state index contributed by atoms with van der Waals surface area (Å²) in [5.74, 6) is 0.423. The number of ether oxygens (including phenoxy) is 2. The van der Waals surface area contributed by atoms with E-state index in [9.17, 15) is 4.79 Å². The van der Waals surface area contributed by atoms with Crippen LogP contribution in [0.25, 0.3) is 17.2 Å². The second kappa shape index (κ2) is 9.19. The lowest BCUT2D eigenvalue weighted by Crippen LogP contribution is -2.07. The zero-order valence-electron chi connectivity index (χ0n) is 18.0. The number of rotatable bonds is 7. The quantitative estimate of drug-likeness (QED) is 0.550. The van der Waals surface area contributed by atoms with Crippen molar-refractivity contribution < 1.29 is 14.3 Å². The molecule has 4 rings (SSSR count). The summed E-state index contributed by atoms with van der Waals surface area (Å²) >= 11 is 0. The Hall–Kier alpha value is -3.37. The molecule has 1 aliphatic carbocycles. The molecule has 0 saturated heterocycles. The van der Waals surface area contributed by atoms with E-state index in [2.05, 4.69) is 49.4 Å². The van der Waals surface area contributed by atoms with Crippen LogP contribution in [0.3, 0.4) is 0 Å². The van der Waals surface area contributed by atoms with Crippen molar-refractivity contribution in [3.63, 3.8) is 0 Å². The van der Waals surface area contributed by atoms with Gasteiger partial charge in [0.1, 0.15) is 12.4 Å². The number of carbonyl (C=O) groups excluding carboxylic acids is 1. The van der Waals surface area contributed by atoms with Gasteiger partial charge in [0.15, 0.2) is 0 Å². The van der Waals surface area contributed by atoms with E-state index in [1.807, 2.05) is 24.3 Å². The minimum absolute atomic E-state index is 0.192. The molecule has 3 aromatic carbocycles. The molecule has 0 atom stereocenters. The predicted octanol–water partition coefficient (Wildman–Crippen LogP) is 5.07. The van der Waals surface area contributed by atoms with Gasteiger partial charge < -0.3 is 15.2 Å². The molecular formula is C27H27NO3. The van der Waals surface area contributed by atoms with Crippen molar-refractivity contribution >= 4 is 12.0 Å². The number of fused-ring (bicyclic) bond motifs is 1. The summed E-state index contributed by atoms with van der Waals surface area (Å²) in [6.45, 7) is 3.11. The summed E-state index contributed by atoms with van der Waals surface area (Å²) < 4.78 is 11.0. The van der Waals surface area contributed by atoms with Gasteiger partial charge in [-0.15, -0.1) is 0 Å². The van der Waals surface area contributed by atoms with Gasteiger partial charge >= 0.3 is 5.97 Å². The number of allylic oxidation sites excluding steroid dienone is 1. The average molecular weight is 414 g/mol. The molecule has 0 saturated carbocycles. The summed E-state index contributed by atoms with van der Waals surface area (Å²) in [6.07, 6.45) is 3.42. The van der Waals surface area contributed by atoms with Gasteiger partial charge in [-0.05, 0) is 64.9 Å². The SMILES string of the molecule is COC(=O)Cc1ccccc1OCc1cc2c(c(-c3cccc(CN)c3)c1)C=C(C)C2. The van der Waals surface area contributed by atoms with E-state index in [0.717, 1.165) is 28.7 Å². The number of hydrogen-bond acceptors (Lipinski definition) is 4. The maximum absolute atomic E-state index is 11.7. The highest BCUT2D eigenvalue weighted by atomic mass is 16.5. The fourth-order valence-electron chi connectivity index (χ4n) is 4.06. The van der Waals surface area contributed by atoms with Crippen LogP contribution in [0.4, 0.5) is 0 Å². The Morgan fingerprint density at radius 2 is 1.87 bits per heavy atom. The molecule has 2 N–H and O–H groups in total. The minimum atomic E-state index is -0.280. The number of hydrogen-bond donors (Lipinski definition) is 1. The zero-order chi connectivity index (χ0) is 21.8. The van der Waals surface area contributed by atoms with Crippen molar-refractivity contribution in [1.82, 2.24) is 0 Å². The molecule has 0 spiro atoms. The van der Waals surface area contributed by atoms with Gasteiger partial charge in [0.05, 0.1) is 13.5 Å². The van der Waals surface area contributed by atoms with Gasteiger partial charge in [-0.3, -0.25) is 4.79 Å². The highest BCUT2D eigenvalue weighted by Gasteiger charge is 2.17. The molecule has 31 heavy (non-hydrogen) atoms. The van der Waals surface area contributed by atoms with Gasteiger partial charge in [-0.2, -0.15) is 0 Å². The smallest absolute Gasteiger partial charge is 0.310 e. The number of para-hydroxylation sites is 1. The van der Waals surface area contributed by atoms with Gasteiger partial charge in [0.2, 0.25) is 0 Å². The molecule has 0 bridgehead atoms. The van der Waals surface area contributed by atoms with E-state index in [-0.39, 0.29) is 12.4 Å². The van der Waals surface area contributed by atoms with Gasteiger partial charge in [-0.25, -0.2) is 0 Å². The second-order valence-corrected chi connectivity index (χ2v) is 7.94. The van der Waals surface area contributed by atoms with Gasteiger partial charge in [-0.1, -0.05) is 54.1 Å². The molecule has 0 unspecified atom stereocenters. The molecule has 0 radical (unpaired) electrons. The molecule has 0 heterocycles. The highest BCUT2D eigenvalue weighted by molar-refractivity contribution is 5.81. The van der Waals surface area contributed by atoms with Crippen molar-refractivity contribution in [3.05, 3.63) is 94.1 Å². The van der Waals surface area contributed by atoms with Crippen LogP contribution < -0.4 is 10.5 Å². The van der Waals surface area contributed by atoms with Gasteiger partial charge in [0.25, 0.3) is 0 Å². The normalized spacial score (nSPS) is 12.3. The van der Waals surface area contributed by atoms with E-state index in [4.69, 9.17) is 15.2 Å². The van der Waals surface area contributed by atoms with Crippen LogP contribution in [0.2, 0.25) is 0 Å². The first kappa shape index (κ1) is 20.9. The minimum Gasteiger partial charge on any atom is -0.489 e. The summed E-state index contributed by atoms with van der Waals surface area (Å²) in [7, 11) is 1.40. The summed E-state index contributed by atoms with van der Waals surface area (Å²) in [4.78, 5) is 11.7. The van der Waals surface area contributed by atoms with E-state index < -0.39 is 0 Å². The Bertz CT molecular complexity index is 1150. The van der Waals surface area contributed by atoms with Crippen molar-refractivity contribution in [2.75, 3.05) is 7.11 Å². The molecule has 0 amide bonds. The van der Waals surface area contributed by atoms with Crippen LogP contribution in [0, 0.1) is 0 Å². The third-order valence-corrected chi connectivity index (χ3v) is 5.59. The van der Waals surface area contributed by atoms with E-state index in [0.29, 0.717) is 18.9 Å². The van der Waals surface area contributed by atoms with Crippen LogP contribution in [-0.2, 0) is 35.5 Å². The van der Waals surface area contributed by atoms with Gasteiger partial charge in [0, 0.05) is 12.1 Å². The Balaban J connectivity index is 1.64. The lowest BCUT2D eigenvalue weighted by Gasteiger charge is -2.15. The topological polar surface area (TPSA) is 61.5 Å². The van der Waals surface area contributed by atoms with Crippen molar-refractivity contribution in [1.29, 1.82) is 0 Å².